The van der Waals surface area contributed by atoms with Crippen molar-refractivity contribution in [2.45, 2.75) is 25.8 Å². The van der Waals surface area contributed by atoms with Crippen molar-refractivity contribution in [3.8, 4) is 0 Å². The van der Waals surface area contributed by atoms with Crippen molar-refractivity contribution in [2.24, 2.45) is 5.73 Å². The van der Waals surface area contributed by atoms with Gasteiger partial charge in [-0.3, -0.25) is 0 Å². The fraction of sp³-hybridized carbons (Fsp3) is 0.455. The first-order valence-corrected chi connectivity index (χ1v) is 5.57. The van der Waals surface area contributed by atoms with Crippen molar-refractivity contribution in [2.75, 3.05) is 11.9 Å². The van der Waals surface area contributed by atoms with E-state index in [0.29, 0.717) is 6.54 Å². The molecule has 0 atom stereocenters. The molecule has 0 aliphatic heterocycles. The van der Waals surface area contributed by atoms with Gasteiger partial charge in [0.2, 0.25) is 0 Å². The zero-order valence-electron chi connectivity index (χ0n) is 8.68. The number of hydrogen-bond acceptors (Lipinski definition) is 2. The second kappa shape index (κ2) is 4.80. The maximum atomic E-state index is 5.54. The highest BCUT2D eigenvalue weighted by Gasteiger charge is 2.15. The van der Waals surface area contributed by atoms with Crippen molar-refractivity contribution < 1.29 is 0 Å². The highest BCUT2D eigenvalue weighted by atomic mass is 79.9. The molecule has 0 radical (unpaired) electrons. The Hall–Kier alpha value is -0.540. The summed E-state index contributed by atoms with van der Waals surface area (Å²) in [6, 6.07) is 8.17. The summed E-state index contributed by atoms with van der Waals surface area (Å²) in [4.78, 5) is 0. The maximum absolute atomic E-state index is 5.54. The lowest BCUT2D eigenvalue weighted by molar-refractivity contribution is 0.526. The van der Waals surface area contributed by atoms with Crippen LogP contribution in [0.1, 0.15) is 20.3 Å². The van der Waals surface area contributed by atoms with Gasteiger partial charge in [-0.05, 0) is 51.1 Å². The van der Waals surface area contributed by atoms with E-state index in [1.807, 2.05) is 12.1 Å². The van der Waals surface area contributed by atoms with Gasteiger partial charge < -0.3 is 11.1 Å². The van der Waals surface area contributed by atoms with Gasteiger partial charge in [-0.25, -0.2) is 0 Å². The maximum Gasteiger partial charge on any atom is 0.0345 e. The van der Waals surface area contributed by atoms with Crippen LogP contribution in [0.2, 0.25) is 0 Å². The van der Waals surface area contributed by atoms with Crippen LogP contribution >= 0.6 is 15.9 Å². The Morgan fingerprint density at radius 3 is 2.36 bits per heavy atom. The zero-order valence-corrected chi connectivity index (χ0v) is 10.3. The Kier molecular flexibility index (Phi) is 3.96. The standard InChI is InChI=1S/C11H17BrN2/c1-11(2,7-8-13)14-10-5-3-9(12)4-6-10/h3-6,14H,7-8,13H2,1-2H3. The molecule has 0 saturated carbocycles. The van der Waals surface area contributed by atoms with Gasteiger partial charge in [-0.15, -0.1) is 0 Å². The Bertz CT molecular complexity index is 280. The molecule has 0 amide bonds. The van der Waals surface area contributed by atoms with Gasteiger partial charge in [0.25, 0.3) is 0 Å². The van der Waals surface area contributed by atoms with E-state index in [1.165, 1.54) is 0 Å². The van der Waals surface area contributed by atoms with E-state index in [-0.39, 0.29) is 5.54 Å². The summed E-state index contributed by atoms with van der Waals surface area (Å²) in [6.45, 7) is 5.01. The zero-order chi connectivity index (χ0) is 10.6. The summed E-state index contributed by atoms with van der Waals surface area (Å²) in [7, 11) is 0. The molecule has 0 saturated heterocycles. The van der Waals surface area contributed by atoms with Gasteiger partial charge in [-0.2, -0.15) is 0 Å². The summed E-state index contributed by atoms with van der Waals surface area (Å²) in [5.74, 6) is 0. The minimum absolute atomic E-state index is 0.0581. The molecular formula is C11H17BrN2. The second-order valence-electron chi connectivity index (χ2n) is 4.05. The molecular weight excluding hydrogens is 240 g/mol. The van der Waals surface area contributed by atoms with Crippen LogP contribution in [0, 0.1) is 0 Å². The van der Waals surface area contributed by atoms with Crippen molar-refractivity contribution in [1.29, 1.82) is 0 Å². The lowest BCUT2D eigenvalue weighted by Gasteiger charge is -2.27. The first-order valence-electron chi connectivity index (χ1n) is 4.77. The molecule has 3 heteroatoms. The van der Waals surface area contributed by atoms with E-state index in [4.69, 9.17) is 5.73 Å². The van der Waals surface area contributed by atoms with E-state index in [9.17, 15) is 0 Å². The van der Waals surface area contributed by atoms with Gasteiger partial charge in [-0.1, -0.05) is 15.9 Å². The number of rotatable bonds is 4. The lowest BCUT2D eigenvalue weighted by Crippen LogP contribution is -2.33. The predicted octanol–water partition coefficient (Wildman–Crippen LogP) is 2.99. The average Bonchev–Trinajstić information content (AvgIpc) is 2.08. The first kappa shape index (κ1) is 11.5. The minimum atomic E-state index is 0.0581. The van der Waals surface area contributed by atoms with Crippen LogP contribution in [-0.4, -0.2) is 12.1 Å². The third-order valence-corrected chi connectivity index (χ3v) is 2.62. The molecule has 1 aromatic rings. The largest absolute Gasteiger partial charge is 0.380 e. The van der Waals surface area contributed by atoms with Gasteiger partial charge in [0.15, 0.2) is 0 Å². The van der Waals surface area contributed by atoms with Crippen LogP contribution in [0.4, 0.5) is 5.69 Å². The number of benzene rings is 1. The average molecular weight is 257 g/mol. The SMILES string of the molecule is CC(C)(CCN)Nc1ccc(Br)cc1. The van der Waals surface area contributed by atoms with Crippen molar-refractivity contribution >= 4 is 21.6 Å². The van der Waals surface area contributed by atoms with E-state index >= 15 is 0 Å². The Morgan fingerprint density at radius 2 is 1.86 bits per heavy atom. The Labute approximate surface area is 94.0 Å². The quantitative estimate of drug-likeness (QED) is 0.870. The summed E-state index contributed by atoms with van der Waals surface area (Å²) in [6.07, 6.45) is 0.961. The summed E-state index contributed by atoms with van der Waals surface area (Å²) in [5.41, 5.74) is 6.73. The van der Waals surface area contributed by atoms with Crippen molar-refractivity contribution in [3.05, 3.63) is 28.7 Å². The summed E-state index contributed by atoms with van der Waals surface area (Å²) < 4.78 is 1.10. The number of nitrogens with two attached hydrogens (primary N) is 1. The minimum Gasteiger partial charge on any atom is -0.380 e. The molecule has 0 fully saturated rings. The molecule has 0 bridgehead atoms. The first-order chi connectivity index (χ1) is 6.53. The Balaban J connectivity index is 2.64. The fourth-order valence-electron chi connectivity index (χ4n) is 1.35. The predicted molar refractivity (Wildman–Crippen MR) is 65.5 cm³/mol. The Morgan fingerprint density at radius 1 is 1.29 bits per heavy atom. The number of halogens is 1. The number of nitrogens with one attached hydrogen (secondary N) is 1. The molecule has 14 heavy (non-hydrogen) atoms. The molecule has 3 N–H and O–H groups in total. The lowest BCUT2D eigenvalue weighted by atomic mass is 10.0. The van der Waals surface area contributed by atoms with Crippen LogP contribution in [-0.2, 0) is 0 Å². The molecule has 0 aliphatic rings. The summed E-state index contributed by atoms with van der Waals surface area (Å²) in [5, 5.41) is 3.45. The van der Waals surface area contributed by atoms with E-state index in [1.54, 1.807) is 0 Å². The molecule has 78 valence electrons. The highest BCUT2D eigenvalue weighted by Crippen LogP contribution is 2.19. The van der Waals surface area contributed by atoms with Crippen LogP contribution in [0.3, 0.4) is 0 Å². The van der Waals surface area contributed by atoms with Gasteiger partial charge in [0.05, 0.1) is 0 Å². The number of anilines is 1. The monoisotopic (exact) mass is 256 g/mol. The van der Waals surface area contributed by atoms with Gasteiger partial charge >= 0.3 is 0 Å². The summed E-state index contributed by atoms with van der Waals surface area (Å²) >= 11 is 3.41. The third kappa shape index (κ3) is 3.68. The fourth-order valence-corrected chi connectivity index (χ4v) is 1.61. The van der Waals surface area contributed by atoms with Crippen LogP contribution in [0.5, 0.6) is 0 Å². The topological polar surface area (TPSA) is 38.0 Å². The number of hydrogen-bond donors (Lipinski definition) is 2. The van der Waals surface area contributed by atoms with Crippen molar-refractivity contribution in [3.63, 3.8) is 0 Å². The van der Waals surface area contributed by atoms with Crippen LogP contribution < -0.4 is 11.1 Å². The highest BCUT2D eigenvalue weighted by molar-refractivity contribution is 9.10. The van der Waals surface area contributed by atoms with Crippen LogP contribution in [0.25, 0.3) is 0 Å². The van der Waals surface area contributed by atoms with Gasteiger partial charge in [0, 0.05) is 15.7 Å². The third-order valence-electron chi connectivity index (χ3n) is 2.10. The second-order valence-corrected chi connectivity index (χ2v) is 4.97. The molecule has 1 aromatic carbocycles. The molecule has 0 aliphatic carbocycles. The molecule has 0 heterocycles. The molecule has 2 nitrogen and oxygen atoms in total. The van der Waals surface area contributed by atoms with Gasteiger partial charge in [0.1, 0.15) is 0 Å². The van der Waals surface area contributed by atoms with Crippen LogP contribution in [0.15, 0.2) is 28.7 Å². The van der Waals surface area contributed by atoms with Crippen molar-refractivity contribution in [1.82, 2.24) is 0 Å². The molecule has 0 spiro atoms. The normalized spacial score (nSPS) is 11.4. The van der Waals surface area contributed by atoms with E-state index in [2.05, 4.69) is 47.2 Å². The van der Waals surface area contributed by atoms with E-state index < -0.39 is 0 Å². The van der Waals surface area contributed by atoms with E-state index in [0.717, 1.165) is 16.6 Å². The smallest absolute Gasteiger partial charge is 0.0345 e. The molecule has 0 unspecified atom stereocenters. The molecule has 1 rings (SSSR count). The molecule has 0 aromatic heterocycles.